The summed E-state index contributed by atoms with van der Waals surface area (Å²) >= 11 is 0. The van der Waals surface area contributed by atoms with Gasteiger partial charge in [0, 0.05) is 11.1 Å². The zero-order valence-corrected chi connectivity index (χ0v) is 14.6. The number of para-hydroxylation sites is 3. The summed E-state index contributed by atoms with van der Waals surface area (Å²) in [6.07, 6.45) is 0. The lowest BCUT2D eigenvalue weighted by atomic mass is 10.1. The highest BCUT2D eigenvalue weighted by atomic mass is 16.6. The minimum absolute atomic E-state index is 0.0626. The monoisotopic (exact) mass is 363 g/mol. The van der Waals surface area contributed by atoms with Crippen LogP contribution in [0.15, 0.2) is 72.8 Å². The second-order valence-electron chi connectivity index (χ2n) is 5.83. The van der Waals surface area contributed by atoms with Gasteiger partial charge in [-0.15, -0.1) is 0 Å². The third-order valence-electron chi connectivity index (χ3n) is 3.94. The molecule has 0 saturated carbocycles. The first kappa shape index (κ1) is 18.1. The van der Waals surface area contributed by atoms with E-state index in [-0.39, 0.29) is 17.9 Å². The Balaban J connectivity index is 1.77. The van der Waals surface area contributed by atoms with Crippen LogP contribution in [0.2, 0.25) is 0 Å². The maximum absolute atomic E-state index is 12.4. The molecule has 0 radical (unpaired) electrons. The van der Waals surface area contributed by atoms with E-state index in [9.17, 15) is 14.9 Å². The summed E-state index contributed by atoms with van der Waals surface area (Å²) < 4.78 is 11.1. The van der Waals surface area contributed by atoms with E-state index >= 15 is 0 Å². The van der Waals surface area contributed by atoms with Gasteiger partial charge in [-0.2, -0.15) is 0 Å². The molecule has 0 aliphatic heterocycles. The van der Waals surface area contributed by atoms with E-state index in [0.29, 0.717) is 22.6 Å². The van der Waals surface area contributed by atoms with E-state index in [4.69, 9.17) is 9.47 Å². The number of carbonyl (C=O) groups is 1. The highest BCUT2D eigenvalue weighted by Crippen LogP contribution is 2.27. The van der Waals surface area contributed by atoms with Gasteiger partial charge in [0.1, 0.15) is 23.7 Å². The van der Waals surface area contributed by atoms with Gasteiger partial charge in [-0.3, -0.25) is 10.1 Å². The zero-order chi connectivity index (χ0) is 19.2. The molecule has 0 amide bonds. The zero-order valence-electron chi connectivity index (χ0n) is 14.6. The Hall–Kier alpha value is -3.67. The van der Waals surface area contributed by atoms with Crippen molar-refractivity contribution in [1.82, 2.24) is 0 Å². The van der Waals surface area contributed by atoms with Crippen molar-refractivity contribution in [3.63, 3.8) is 0 Å². The van der Waals surface area contributed by atoms with Crippen LogP contribution in [-0.2, 0) is 11.3 Å². The summed E-state index contributed by atoms with van der Waals surface area (Å²) in [5.74, 6) is 0.459. The van der Waals surface area contributed by atoms with Crippen LogP contribution < -0.4 is 4.74 Å². The number of aryl methyl sites for hydroxylation is 1. The average Bonchev–Trinajstić information content (AvgIpc) is 2.67. The van der Waals surface area contributed by atoms with Crippen molar-refractivity contribution >= 4 is 11.7 Å². The highest BCUT2D eigenvalue weighted by molar-refractivity contribution is 5.94. The molecule has 0 atom stereocenters. The lowest BCUT2D eigenvalue weighted by Crippen LogP contribution is -2.09. The van der Waals surface area contributed by atoms with E-state index in [0.717, 1.165) is 0 Å². The van der Waals surface area contributed by atoms with E-state index in [1.807, 2.05) is 36.4 Å². The quantitative estimate of drug-likeness (QED) is 0.348. The summed E-state index contributed by atoms with van der Waals surface area (Å²) in [5.41, 5.74) is 0.755. The Labute approximate surface area is 156 Å². The molecule has 0 heterocycles. The Bertz CT molecular complexity index is 969. The molecule has 6 nitrogen and oxygen atoms in total. The summed E-state index contributed by atoms with van der Waals surface area (Å²) in [4.78, 5) is 23.1. The smallest absolute Gasteiger partial charge is 0.345 e. The average molecular weight is 363 g/mol. The molecule has 0 saturated heterocycles. The number of hydrogen-bond acceptors (Lipinski definition) is 5. The largest absolute Gasteiger partial charge is 0.457 e. The van der Waals surface area contributed by atoms with Gasteiger partial charge in [0.05, 0.1) is 4.92 Å². The Morgan fingerprint density at radius 3 is 2.41 bits per heavy atom. The number of carbonyl (C=O) groups excluding carboxylic acids is 1. The molecule has 136 valence electrons. The first-order valence-corrected chi connectivity index (χ1v) is 8.28. The highest BCUT2D eigenvalue weighted by Gasteiger charge is 2.23. The fourth-order valence-electron chi connectivity index (χ4n) is 2.63. The van der Waals surface area contributed by atoms with Gasteiger partial charge in [-0.1, -0.05) is 48.5 Å². The molecule has 0 aliphatic carbocycles. The van der Waals surface area contributed by atoms with Gasteiger partial charge in [0.25, 0.3) is 5.69 Å². The van der Waals surface area contributed by atoms with Gasteiger partial charge in [0.2, 0.25) is 0 Å². The van der Waals surface area contributed by atoms with Gasteiger partial charge in [-0.05, 0) is 31.2 Å². The predicted octanol–water partition coefficient (Wildman–Crippen LogP) is 5.05. The van der Waals surface area contributed by atoms with Crippen LogP contribution in [0.1, 0.15) is 21.5 Å². The number of nitro benzene ring substituents is 1. The number of ether oxygens (including phenoxy) is 2. The lowest BCUT2D eigenvalue weighted by molar-refractivity contribution is -0.385. The van der Waals surface area contributed by atoms with Gasteiger partial charge >= 0.3 is 5.97 Å². The van der Waals surface area contributed by atoms with Crippen molar-refractivity contribution in [2.45, 2.75) is 13.5 Å². The first-order valence-electron chi connectivity index (χ1n) is 8.28. The minimum Gasteiger partial charge on any atom is -0.457 e. The Kier molecular flexibility index (Phi) is 5.47. The van der Waals surface area contributed by atoms with Gasteiger partial charge in [0.15, 0.2) is 0 Å². The van der Waals surface area contributed by atoms with Crippen LogP contribution >= 0.6 is 0 Å². The topological polar surface area (TPSA) is 78.7 Å². The molecule has 3 aromatic rings. The molecule has 0 aliphatic rings. The van der Waals surface area contributed by atoms with E-state index in [1.165, 1.54) is 6.07 Å². The summed E-state index contributed by atoms with van der Waals surface area (Å²) in [5, 5.41) is 11.3. The Morgan fingerprint density at radius 2 is 1.67 bits per heavy atom. The molecule has 3 aromatic carbocycles. The van der Waals surface area contributed by atoms with E-state index < -0.39 is 10.9 Å². The van der Waals surface area contributed by atoms with E-state index in [1.54, 1.807) is 37.3 Å². The maximum atomic E-state index is 12.4. The van der Waals surface area contributed by atoms with Crippen molar-refractivity contribution in [1.29, 1.82) is 0 Å². The van der Waals surface area contributed by atoms with Crippen molar-refractivity contribution in [3.8, 4) is 11.5 Å². The van der Waals surface area contributed by atoms with Crippen molar-refractivity contribution in [3.05, 3.63) is 99.6 Å². The van der Waals surface area contributed by atoms with Crippen molar-refractivity contribution in [2.24, 2.45) is 0 Å². The second-order valence-corrected chi connectivity index (χ2v) is 5.83. The number of nitrogens with zero attached hydrogens (tertiary/aromatic N) is 1. The van der Waals surface area contributed by atoms with Gasteiger partial charge < -0.3 is 9.47 Å². The normalized spacial score (nSPS) is 10.3. The van der Waals surface area contributed by atoms with Crippen LogP contribution in [-0.4, -0.2) is 10.9 Å². The molecular formula is C21H17NO5. The van der Waals surface area contributed by atoms with Crippen LogP contribution in [0.5, 0.6) is 11.5 Å². The van der Waals surface area contributed by atoms with Crippen LogP contribution in [0.3, 0.4) is 0 Å². The molecule has 27 heavy (non-hydrogen) atoms. The fraction of sp³-hybridized carbons (Fsp3) is 0.0952. The van der Waals surface area contributed by atoms with Crippen molar-refractivity contribution < 1.29 is 19.2 Å². The number of rotatable bonds is 6. The molecule has 0 unspecified atom stereocenters. The molecule has 0 fully saturated rings. The fourth-order valence-corrected chi connectivity index (χ4v) is 2.63. The molecule has 0 N–H and O–H groups in total. The summed E-state index contributed by atoms with van der Waals surface area (Å²) in [6, 6.07) is 21.0. The van der Waals surface area contributed by atoms with E-state index in [2.05, 4.69) is 0 Å². The number of benzene rings is 3. The number of esters is 1. The SMILES string of the molecule is Cc1cccc(C(=O)OCc2ccccc2Oc2ccccc2)c1[N+](=O)[O-]. The van der Waals surface area contributed by atoms with Crippen LogP contribution in [0.4, 0.5) is 5.69 Å². The van der Waals surface area contributed by atoms with Crippen LogP contribution in [0.25, 0.3) is 0 Å². The Morgan fingerprint density at radius 1 is 0.963 bits per heavy atom. The molecular weight excluding hydrogens is 346 g/mol. The minimum atomic E-state index is -0.750. The lowest BCUT2D eigenvalue weighted by Gasteiger charge is -2.12. The number of nitro groups is 1. The standard InChI is InChI=1S/C21H17NO5/c1-15-8-7-12-18(20(15)22(24)25)21(23)26-14-16-9-5-6-13-19(16)27-17-10-3-2-4-11-17/h2-13H,14H2,1H3. The molecule has 3 rings (SSSR count). The molecule has 0 spiro atoms. The summed E-state index contributed by atoms with van der Waals surface area (Å²) in [6.45, 7) is 1.52. The molecule has 0 bridgehead atoms. The van der Waals surface area contributed by atoms with Crippen LogP contribution in [0, 0.1) is 17.0 Å². The van der Waals surface area contributed by atoms with Gasteiger partial charge in [-0.25, -0.2) is 4.79 Å². The number of hydrogen-bond donors (Lipinski definition) is 0. The summed E-state index contributed by atoms with van der Waals surface area (Å²) in [7, 11) is 0. The molecule has 0 aromatic heterocycles. The first-order chi connectivity index (χ1) is 13.1. The third-order valence-corrected chi connectivity index (χ3v) is 3.94. The van der Waals surface area contributed by atoms with Crippen molar-refractivity contribution in [2.75, 3.05) is 0 Å². The third kappa shape index (κ3) is 4.30. The predicted molar refractivity (Wildman–Crippen MR) is 99.9 cm³/mol. The maximum Gasteiger partial charge on any atom is 0.345 e. The molecule has 6 heteroatoms. The second kappa shape index (κ2) is 8.14.